The van der Waals surface area contributed by atoms with Crippen molar-refractivity contribution in [2.24, 2.45) is 0 Å². The lowest BCUT2D eigenvalue weighted by Crippen LogP contribution is -2.05. The van der Waals surface area contributed by atoms with E-state index in [1.165, 1.54) is 17.6 Å². The maximum absolute atomic E-state index is 11.6. The van der Waals surface area contributed by atoms with Gasteiger partial charge in [-0.3, -0.25) is 4.79 Å². The number of ketones is 1. The van der Waals surface area contributed by atoms with Gasteiger partial charge in [-0.1, -0.05) is 0 Å². The van der Waals surface area contributed by atoms with Gasteiger partial charge in [-0.15, -0.1) is 11.3 Å². The maximum Gasteiger partial charge on any atom is 0.172 e. The molecule has 1 rings (SSSR count). The molecule has 0 aliphatic rings. The van der Waals surface area contributed by atoms with Gasteiger partial charge in [0.05, 0.1) is 10.6 Å². The fraction of sp³-hybridized carbons (Fsp3) is 0.500. The molecule has 0 aromatic carbocycles. The number of hydrogen-bond donors (Lipinski definition) is 0. The van der Waals surface area contributed by atoms with E-state index in [1.807, 2.05) is 13.0 Å². The number of sulfone groups is 1. The molecule has 1 aromatic rings. The summed E-state index contributed by atoms with van der Waals surface area (Å²) in [5.74, 6) is 0.125. The SMILES string of the molecule is Cc1ccc(C(=O)CCCS(C)(=O)=O)s1. The van der Waals surface area contributed by atoms with Crippen LogP contribution in [0.15, 0.2) is 12.1 Å². The second-order valence-electron chi connectivity index (χ2n) is 3.57. The summed E-state index contributed by atoms with van der Waals surface area (Å²) in [4.78, 5) is 13.4. The van der Waals surface area contributed by atoms with Crippen molar-refractivity contribution in [1.29, 1.82) is 0 Å². The zero-order valence-electron chi connectivity index (χ0n) is 8.82. The lowest BCUT2D eigenvalue weighted by Gasteiger charge is -1.97. The van der Waals surface area contributed by atoms with E-state index in [1.54, 1.807) is 6.07 Å². The Hall–Kier alpha value is -0.680. The van der Waals surface area contributed by atoms with Gasteiger partial charge in [-0.25, -0.2) is 8.42 Å². The zero-order valence-corrected chi connectivity index (χ0v) is 10.5. The summed E-state index contributed by atoms with van der Waals surface area (Å²) >= 11 is 1.45. The Morgan fingerprint density at radius 2 is 2.07 bits per heavy atom. The van der Waals surface area contributed by atoms with Crippen molar-refractivity contribution >= 4 is 27.0 Å². The highest BCUT2D eigenvalue weighted by Gasteiger charge is 2.09. The van der Waals surface area contributed by atoms with Crippen molar-refractivity contribution in [2.45, 2.75) is 19.8 Å². The largest absolute Gasteiger partial charge is 0.293 e. The fourth-order valence-corrected chi connectivity index (χ4v) is 2.71. The van der Waals surface area contributed by atoms with E-state index in [4.69, 9.17) is 0 Å². The lowest BCUT2D eigenvalue weighted by atomic mass is 10.2. The highest BCUT2D eigenvalue weighted by molar-refractivity contribution is 7.90. The summed E-state index contributed by atoms with van der Waals surface area (Å²) < 4.78 is 21.7. The molecular formula is C10H14O3S2. The van der Waals surface area contributed by atoms with Crippen LogP contribution in [-0.2, 0) is 9.84 Å². The minimum atomic E-state index is -2.95. The van der Waals surface area contributed by atoms with E-state index in [9.17, 15) is 13.2 Å². The molecule has 3 nitrogen and oxygen atoms in total. The molecule has 0 fully saturated rings. The number of carbonyl (C=O) groups is 1. The molecule has 84 valence electrons. The lowest BCUT2D eigenvalue weighted by molar-refractivity contribution is 0.0986. The minimum Gasteiger partial charge on any atom is -0.293 e. The average Bonchev–Trinajstić information content (AvgIpc) is 2.49. The predicted octanol–water partition coefficient (Wildman–Crippen LogP) is 2.06. The zero-order chi connectivity index (χ0) is 11.5. The maximum atomic E-state index is 11.6. The van der Waals surface area contributed by atoms with Gasteiger partial charge in [0.25, 0.3) is 0 Å². The van der Waals surface area contributed by atoms with Crippen molar-refractivity contribution in [1.82, 2.24) is 0 Å². The van der Waals surface area contributed by atoms with Crippen molar-refractivity contribution in [3.05, 3.63) is 21.9 Å². The first kappa shape index (κ1) is 12.4. The number of hydrogen-bond acceptors (Lipinski definition) is 4. The highest BCUT2D eigenvalue weighted by Crippen LogP contribution is 2.17. The third kappa shape index (κ3) is 4.57. The van der Waals surface area contributed by atoms with Crippen LogP contribution in [0.3, 0.4) is 0 Å². The molecule has 0 bridgehead atoms. The highest BCUT2D eigenvalue weighted by atomic mass is 32.2. The summed E-state index contributed by atoms with van der Waals surface area (Å²) in [5.41, 5.74) is 0. The van der Waals surface area contributed by atoms with E-state index in [2.05, 4.69) is 0 Å². The Kier molecular flexibility index (Phi) is 4.04. The molecule has 0 atom stereocenters. The first-order chi connectivity index (χ1) is 6.88. The average molecular weight is 246 g/mol. The van der Waals surface area contributed by atoms with Gasteiger partial charge >= 0.3 is 0 Å². The molecule has 5 heteroatoms. The summed E-state index contributed by atoms with van der Waals surface area (Å²) in [6, 6.07) is 3.69. The van der Waals surface area contributed by atoms with Crippen LogP contribution in [-0.4, -0.2) is 26.2 Å². The number of carbonyl (C=O) groups excluding carboxylic acids is 1. The molecule has 0 aliphatic carbocycles. The van der Waals surface area contributed by atoms with Gasteiger partial charge in [0.2, 0.25) is 0 Å². The smallest absolute Gasteiger partial charge is 0.172 e. The van der Waals surface area contributed by atoms with Gasteiger partial charge < -0.3 is 0 Å². The second-order valence-corrected chi connectivity index (χ2v) is 7.11. The molecular weight excluding hydrogens is 232 g/mol. The topological polar surface area (TPSA) is 51.2 Å². The summed E-state index contributed by atoms with van der Waals surface area (Å²) in [5, 5.41) is 0. The quantitative estimate of drug-likeness (QED) is 0.747. The first-order valence-corrected chi connectivity index (χ1v) is 7.53. The first-order valence-electron chi connectivity index (χ1n) is 4.66. The van der Waals surface area contributed by atoms with Crippen LogP contribution >= 0.6 is 11.3 Å². The van der Waals surface area contributed by atoms with Crippen molar-refractivity contribution in [2.75, 3.05) is 12.0 Å². The number of rotatable bonds is 5. The summed E-state index contributed by atoms with van der Waals surface area (Å²) in [7, 11) is -2.95. The Bertz CT molecular complexity index is 443. The molecule has 15 heavy (non-hydrogen) atoms. The second kappa shape index (κ2) is 4.90. The molecule has 0 spiro atoms. The van der Waals surface area contributed by atoms with Crippen molar-refractivity contribution in [3.8, 4) is 0 Å². The van der Waals surface area contributed by atoms with Crippen LogP contribution in [0.2, 0.25) is 0 Å². The molecule has 0 N–H and O–H groups in total. The molecule has 0 unspecified atom stereocenters. The molecule has 0 radical (unpaired) electrons. The predicted molar refractivity (Wildman–Crippen MR) is 62.3 cm³/mol. The molecule has 0 amide bonds. The Morgan fingerprint density at radius 3 is 2.53 bits per heavy atom. The van der Waals surface area contributed by atoms with E-state index >= 15 is 0 Å². The van der Waals surface area contributed by atoms with Gasteiger partial charge in [-0.05, 0) is 25.5 Å². The summed E-state index contributed by atoms with van der Waals surface area (Å²) in [6.07, 6.45) is 1.91. The number of thiophene rings is 1. The van der Waals surface area contributed by atoms with Crippen LogP contribution in [0.25, 0.3) is 0 Å². The van der Waals surface area contributed by atoms with Crippen molar-refractivity contribution in [3.63, 3.8) is 0 Å². The van der Waals surface area contributed by atoms with Gasteiger partial charge in [0, 0.05) is 17.6 Å². The fourth-order valence-electron chi connectivity index (χ4n) is 1.20. The minimum absolute atomic E-state index is 0.0387. The summed E-state index contributed by atoms with van der Waals surface area (Å²) in [6.45, 7) is 1.94. The van der Waals surface area contributed by atoms with Crippen LogP contribution in [0.4, 0.5) is 0 Å². The van der Waals surface area contributed by atoms with Gasteiger partial charge in [0.1, 0.15) is 9.84 Å². The molecule has 1 aromatic heterocycles. The van der Waals surface area contributed by atoms with Crippen LogP contribution in [0.5, 0.6) is 0 Å². The Morgan fingerprint density at radius 1 is 1.40 bits per heavy atom. The number of aryl methyl sites for hydroxylation is 1. The van der Waals surface area contributed by atoms with Gasteiger partial charge in [0.15, 0.2) is 5.78 Å². The Balaban J connectivity index is 2.44. The molecule has 0 saturated carbocycles. The third-order valence-electron chi connectivity index (χ3n) is 1.93. The standard InChI is InChI=1S/C10H14O3S2/c1-8-5-6-10(14-8)9(11)4-3-7-15(2,12)13/h5-6H,3-4,7H2,1-2H3. The van der Waals surface area contributed by atoms with E-state index < -0.39 is 9.84 Å². The number of Topliss-reactive ketones (excluding diaryl/α,β-unsaturated/α-hetero) is 1. The van der Waals surface area contributed by atoms with E-state index in [-0.39, 0.29) is 11.5 Å². The third-order valence-corrected chi connectivity index (χ3v) is 4.01. The molecule has 1 heterocycles. The van der Waals surface area contributed by atoms with E-state index in [0.29, 0.717) is 12.8 Å². The monoisotopic (exact) mass is 246 g/mol. The van der Waals surface area contributed by atoms with E-state index in [0.717, 1.165) is 9.75 Å². The van der Waals surface area contributed by atoms with Crippen LogP contribution < -0.4 is 0 Å². The van der Waals surface area contributed by atoms with Gasteiger partial charge in [-0.2, -0.15) is 0 Å². The molecule has 0 aliphatic heterocycles. The van der Waals surface area contributed by atoms with Crippen LogP contribution in [0.1, 0.15) is 27.4 Å². The molecule has 0 saturated heterocycles. The van der Waals surface area contributed by atoms with Crippen LogP contribution in [0, 0.1) is 6.92 Å². The normalized spacial score (nSPS) is 11.6. The van der Waals surface area contributed by atoms with Crippen molar-refractivity contribution < 1.29 is 13.2 Å². The Labute approximate surface area is 94.0 Å².